The SMILES string of the molecule is COc1ccc(Br)cc1N1CCC(N)CC1. The number of rotatable bonds is 2. The van der Waals surface area contributed by atoms with E-state index in [0.717, 1.165) is 41.8 Å². The molecule has 0 spiro atoms. The van der Waals surface area contributed by atoms with Crippen molar-refractivity contribution in [3.63, 3.8) is 0 Å². The molecule has 0 atom stereocenters. The number of hydrogen-bond donors (Lipinski definition) is 1. The van der Waals surface area contributed by atoms with Crippen molar-refractivity contribution in [1.82, 2.24) is 0 Å². The Morgan fingerprint density at radius 1 is 1.38 bits per heavy atom. The van der Waals surface area contributed by atoms with Gasteiger partial charge in [-0.2, -0.15) is 0 Å². The number of hydrogen-bond acceptors (Lipinski definition) is 3. The van der Waals surface area contributed by atoms with Gasteiger partial charge in [-0.1, -0.05) is 15.9 Å². The van der Waals surface area contributed by atoms with Gasteiger partial charge in [0.25, 0.3) is 0 Å². The van der Waals surface area contributed by atoms with Gasteiger partial charge in [0.05, 0.1) is 12.8 Å². The van der Waals surface area contributed by atoms with E-state index in [0.29, 0.717) is 6.04 Å². The van der Waals surface area contributed by atoms with Crippen LogP contribution < -0.4 is 15.4 Å². The molecule has 1 aliphatic rings. The van der Waals surface area contributed by atoms with Crippen molar-refractivity contribution in [2.75, 3.05) is 25.1 Å². The Labute approximate surface area is 105 Å². The van der Waals surface area contributed by atoms with E-state index in [1.54, 1.807) is 7.11 Å². The Morgan fingerprint density at radius 3 is 2.69 bits per heavy atom. The fraction of sp³-hybridized carbons (Fsp3) is 0.500. The second-order valence-electron chi connectivity index (χ2n) is 4.14. The van der Waals surface area contributed by atoms with Crippen LogP contribution in [0.3, 0.4) is 0 Å². The highest BCUT2D eigenvalue weighted by atomic mass is 79.9. The molecule has 1 saturated heterocycles. The van der Waals surface area contributed by atoms with E-state index in [2.05, 4.69) is 26.9 Å². The van der Waals surface area contributed by atoms with Crippen molar-refractivity contribution in [2.45, 2.75) is 18.9 Å². The third-order valence-electron chi connectivity index (χ3n) is 3.02. The van der Waals surface area contributed by atoms with Crippen molar-refractivity contribution < 1.29 is 4.74 Å². The second-order valence-corrected chi connectivity index (χ2v) is 5.06. The zero-order valence-corrected chi connectivity index (χ0v) is 11.0. The van der Waals surface area contributed by atoms with Crippen molar-refractivity contribution >= 4 is 21.6 Å². The maximum Gasteiger partial charge on any atom is 0.142 e. The van der Waals surface area contributed by atoms with Crippen molar-refractivity contribution in [1.29, 1.82) is 0 Å². The molecule has 16 heavy (non-hydrogen) atoms. The van der Waals surface area contributed by atoms with E-state index in [1.807, 2.05) is 12.1 Å². The lowest BCUT2D eigenvalue weighted by Crippen LogP contribution is -2.39. The van der Waals surface area contributed by atoms with Gasteiger partial charge in [-0.25, -0.2) is 0 Å². The lowest BCUT2D eigenvalue weighted by Gasteiger charge is -2.32. The lowest BCUT2D eigenvalue weighted by atomic mass is 10.1. The van der Waals surface area contributed by atoms with Gasteiger partial charge in [0, 0.05) is 23.6 Å². The molecule has 1 heterocycles. The highest BCUT2D eigenvalue weighted by Gasteiger charge is 2.19. The highest BCUT2D eigenvalue weighted by Crippen LogP contribution is 2.32. The molecule has 1 aromatic carbocycles. The van der Waals surface area contributed by atoms with Crippen molar-refractivity contribution in [3.8, 4) is 5.75 Å². The topological polar surface area (TPSA) is 38.5 Å². The van der Waals surface area contributed by atoms with Gasteiger partial charge in [-0.15, -0.1) is 0 Å². The molecule has 0 saturated carbocycles. The van der Waals surface area contributed by atoms with Gasteiger partial charge in [0.15, 0.2) is 0 Å². The van der Waals surface area contributed by atoms with E-state index >= 15 is 0 Å². The molecule has 0 radical (unpaired) electrons. The predicted molar refractivity (Wildman–Crippen MR) is 70.1 cm³/mol. The van der Waals surface area contributed by atoms with Crippen LogP contribution in [-0.4, -0.2) is 26.2 Å². The van der Waals surface area contributed by atoms with Crippen LogP contribution in [-0.2, 0) is 0 Å². The highest BCUT2D eigenvalue weighted by molar-refractivity contribution is 9.10. The number of nitrogens with zero attached hydrogens (tertiary/aromatic N) is 1. The first-order valence-electron chi connectivity index (χ1n) is 5.55. The Bertz CT molecular complexity index is 362. The molecule has 1 fully saturated rings. The van der Waals surface area contributed by atoms with Crippen LogP contribution in [0, 0.1) is 0 Å². The summed E-state index contributed by atoms with van der Waals surface area (Å²) in [7, 11) is 1.71. The summed E-state index contributed by atoms with van der Waals surface area (Å²) >= 11 is 3.50. The van der Waals surface area contributed by atoms with Gasteiger partial charge < -0.3 is 15.4 Å². The van der Waals surface area contributed by atoms with E-state index in [9.17, 15) is 0 Å². The van der Waals surface area contributed by atoms with Gasteiger partial charge in [0.1, 0.15) is 5.75 Å². The van der Waals surface area contributed by atoms with Crippen molar-refractivity contribution in [3.05, 3.63) is 22.7 Å². The molecular weight excluding hydrogens is 268 g/mol. The fourth-order valence-corrected chi connectivity index (χ4v) is 2.40. The summed E-state index contributed by atoms with van der Waals surface area (Å²) in [5.74, 6) is 0.929. The monoisotopic (exact) mass is 284 g/mol. The van der Waals surface area contributed by atoms with Crippen LogP contribution >= 0.6 is 15.9 Å². The number of nitrogens with two attached hydrogens (primary N) is 1. The largest absolute Gasteiger partial charge is 0.495 e. The molecule has 0 unspecified atom stereocenters. The van der Waals surface area contributed by atoms with Gasteiger partial charge in [-0.3, -0.25) is 0 Å². The average molecular weight is 285 g/mol. The number of piperidine rings is 1. The molecule has 1 aliphatic heterocycles. The molecule has 0 aliphatic carbocycles. The van der Waals surface area contributed by atoms with E-state index < -0.39 is 0 Å². The number of benzene rings is 1. The van der Waals surface area contributed by atoms with Gasteiger partial charge in [-0.05, 0) is 31.0 Å². The summed E-state index contributed by atoms with van der Waals surface area (Å²) in [6.07, 6.45) is 2.10. The smallest absolute Gasteiger partial charge is 0.142 e. The third kappa shape index (κ3) is 2.50. The second kappa shape index (κ2) is 5.06. The zero-order chi connectivity index (χ0) is 11.5. The summed E-state index contributed by atoms with van der Waals surface area (Å²) in [5.41, 5.74) is 7.06. The van der Waals surface area contributed by atoms with Crippen LogP contribution in [0.1, 0.15) is 12.8 Å². The van der Waals surface area contributed by atoms with Crippen LogP contribution in [0.15, 0.2) is 22.7 Å². The maximum atomic E-state index is 5.91. The van der Waals surface area contributed by atoms with E-state index in [-0.39, 0.29) is 0 Å². The van der Waals surface area contributed by atoms with Crippen LogP contribution in [0.5, 0.6) is 5.75 Å². The normalized spacial score (nSPS) is 17.6. The minimum Gasteiger partial charge on any atom is -0.495 e. The standard InChI is InChI=1S/C12H17BrN2O/c1-16-12-3-2-9(13)8-11(12)15-6-4-10(14)5-7-15/h2-3,8,10H,4-7,14H2,1H3. The lowest BCUT2D eigenvalue weighted by molar-refractivity contribution is 0.410. The molecule has 0 amide bonds. The summed E-state index contributed by atoms with van der Waals surface area (Å²) in [6.45, 7) is 2.02. The Morgan fingerprint density at radius 2 is 2.06 bits per heavy atom. The van der Waals surface area contributed by atoms with E-state index in [4.69, 9.17) is 10.5 Å². The predicted octanol–water partition coefficient (Wildman–Crippen LogP) is 2.39. The van der Waals surface area contributed by atoms with Gasteiger partial charge in [0.2, 0.25) is 0 Å². The molecule has 0 bridgehead atoms. The molecule has 0 aromatic heterocycles. The number of ether oxygens (including phenoxy) is 1. The third-order valence-corrected chi connectivity index (χ3v) is 3.51. The first-order chi connectivity index (χ1) is 7.70. The Balaban J connectivity index is 2.21. The van der Waals surface area contributed by atoms with E-state index in [1.165, 1.54) is 0 Å². The first kappa shape index (κ1) is 11.7. The Kier molecular flexibility index (Phi) is 3.71. The molecule has 4 heteroatoms. The molecule has 1 aromatic rings. The summed E-state index contributed by atoms with van der Waals surface area (Å²) in [4.78, 5) is 2.34. The molecule has 2 rings (SSSR count). The summed E-state index contributed by atoms with van der Waals surface area (Å²) in [5, 5.41) is 0. The van der Waals surface area contributed by atoms with Crippen LogP contribution in [0.2, 0.25) is 0 Å². The maximum absolute atomic E-state index is 5.91. The number of methoxy groups -OCH3 is 1. The minimum atomic E-state index is 0.356. The van der Waals surface area contributed by atoms with Crippen molar-refractivity contribution in [2.24, 2.45) is 5.73 Å². The molecular formula is C12H17BrN2O. The number of anilines is 1. The first-order valence-corrected chi connectivity index (χ1v) is 6.34. The summed E-state index contributed by atoms with van der Waals surface area (Å²) < 4.78 is 6.47. The quantitative estimate of drug-likeness (QED) is 0.906. The average Bonchev–Trinajstić information content (AvgIpc) is 2.30. The van der Waals surface area contributed by atoms with Gasteiger partial charge >= 0.3 is 0 Å². The molecule has 88 valence electrons. The minimum absolute atomic E-state index is 0.356. The Hall–Kier alpha value is -0.740. The van der Waals surface area contributed by atoms with Crippen LogP contribution in [0.4, 0.5) is 5.69 Å². The fourth-order valence-electron chi connectivity index (χ4n) is 2.05. The zero-order valence-electron chi connectivity index (χ0n) is 9.45. The summed E-state index contributed by atoms with van der Waals surface area (Å²) in [6, 6.07) is 6.45. The molecule has 2 N–H and O–H groups in total. The number of halogens is 1. The van der Waals surface area contributed by atoms with Crippen LogP contribution in [0.25, 0.3) is 0 Å². The molecule has 3 nitrogen and oxygen atoms in total.